The molecule has 0 unspecified atom stereocenters. The molecule has 0 bridgehead atoms. The van der Waals surface area contributed by atoms with E-state index in [2.05, 4.69) is 0 Å². The summed E-state index contributed by atoms with van der Waals surface area (Å²) in [6.45, 7) is 2.02. The van der Waals surface area contributed by atoms with E-state index in [1.807, 2.05) is 6.92 Å². The molecular formula is C9H11NO2S. The summed E-state index contributed by atoms with van der Waals surface area (Å²) >= 11 is 1.60. The van der Waals surface area contributed by atoms with Gasteiger partial charge in [0.2, 0.25) is 0 Å². The molecule has 0 atom stereocenters. The topological polar surface area (TPSA) is 63.3 Å². The SMILES string of the molecule is CCSc1ccc(C(=O)O)cc1N. The standard InChI is InChI=1S/C9H11NO2S/c1-2-13-8-4-3-6(9(11)12)5-7(8)10/h3-5H,2,10H2,1H3,(H,11,12). The number of hydrogen-bond donors (Lipinski definition) is 2. The molecular weight excluding hydrogens is 186 g/mol. The zero-order valence-electron chi connectivity index (χ0n) is 7.28. The predicted molar refractivity (Wildman–Crippen MR) is 54.2 cm³/mol. The van der Waals surface area contributed by atoms with Crippen molar-refractivity contribution >= 4 is 23.4 Å². The van der Waals surface area contributed by atoms with Gasteiger partial charge in [0.05, 0.1) is 5.56 Å². The van der Waals surface area contributed by atoms with Gasteiger partial charge in [0, 0.05) is 10.6 Å². The van der Waals surface area contributed by atoms with Gasteiger partial charge in [-0.25, -0.2) is 4.79 Å². The Hall–Kier alpha value is -1.16. The number of benzene rings is 1. The molecule has 0 aromatic heterocycles. The van der Waals surface area contributed by atoms with Gasteiger partial charge in [0.1, 0.15) is 0 Å². The van der Waals surface area contributed by atoms with Crippen LogP contribution in [0.15, 0.2) is 23.1 Å². The molecule has 1 rings (SSSR count). The van der Waals surface area contributed by atoms with Gasteiger partial charge in [-0.2, -0.15) is 0 Å². The first-order chi connectivity index (χ1) is 6.15. The van der Waals surface area contributed by atoms with Crippen molar-refractivity contribution in [3.05, 3.63) is 23.8 Å². The second kappa shape index (κ2) is 4.18. The molecule has 0 aliphatic rings. The van der Waals surface area contributed by atoms with E-state index in [0.29, 0.717) is 5.69 Å². The lowest BCUT2D eigenvalue weighted by Crippen LogP contribution is -1.98. The quantitative estimate of drug-likeness (QED) is 0.575. The van der Waals surface area contributed by atoms with Crippen LogP contribution in [0.1, 0.15) is 17.3 Å². The summed E-state index contributed by atoms with van der Waals surface area (Å²) in [6, 6.07) is 4.80. The normalized spacial score (nSPS) is 9.92. The van der Waals surface area contributed by atoms with E-state index in [-0.39, 0.29) is 5.56 Å². The molecule has 0 saturated heterocycles. The second-order valence-corrected chi connectivity index (χ2v) is 3.80. The maximum absolute atomic E-state index is 10.6. The molecule has 3 nitrogen and oxygen atoms in total. The van der Waals surface area contributed by atoms with Crippen molar-refractivity contribution < 1.29 is 9.90 Å². The number of thioether (sulfide) groups is 1. The van der Waals surface area contributed by atoms with E-state index in [0.717, 1.165) is 10.6 Å². The van der Waals surface area contributed by atoms with Gasteiger partial charge in [-0.15, -0.1) is 11.8 Å². The first-order valence-corrected chi connectivity index (χ1v) is 4.89. The van der Waals surface area contributed by atoms with Crippen molar-refractivity contribution in [3.63, 3.8) is 0 Å². The van der Waals surface area contributed by atoms with Crippen LogP contribution in [0.4, 0.5) is 5.69 Å². The van der Waals surface area contributed by atoms with Crippen LogP contribution in [0.5, 0.6) is 0 Å². The summed E-state index contributed by atoms with van der Waals surface area (Å²) in [5.41, 5.74) is 6.43. The van der Waals surface area contributed by atoms with Gasteiger partial charge in [-0.05, 0) is 24.0 Å². The highest BCUT2D eigenvalue weighted by molar-refractivity contribution is 7.99. The Kier molecular flexibility index (Phi) is 3.19. The first kappa shape index (κ1) is 9.92. The van der Waals surface area contributed by atoms with Crippen LogP contribution in [0.2, 0.25) is 0 Å². The van der Waals surface area contributed by atoms with E-state index in [1.165, 1.54) is 6.07 Å². The monoisotopic (exact) mass is 197 g/mol. The molecule has 0 aliphatic heterocycles. The number of carbonyl (C=O) groups is 1. The molecule has 4 heteroatoms. The number of anilines is 1. The minimum atomic E-state index is -0.945. The summed E-state index contributed by atoms with van der Waals surface area (Å²) in [6.07, 6.45) is 0. The number of nitrogens with two attached hydrogens (primary N) is 1. The number of carboxylic acids is 1. The predicted octanol–water partition coefficient (Wildman–Crippen LogP) is 2.08. The summed E-state index contributed by atoms with van der Waals surface area (Å²) in [5.74, 6) is -0.0175. The van der Waals surface area contributed by atoms with Crippen molar-refractivity contribution in [2.75, 3.05) is 11.5 Å². The molecule has 0 radical (unpaired) electrons. The number of hydrogen-bond acceptors (Lipinski definition) is 3. The Bertz CT molecular complexity index is 325. The van der Waals surface area contributed by atoms with Crippen LogP contribution in [0.25, 0.3) is 0 Å². The van der Waals surface area contributed by atoms with Crippen molar-refractivity contribution in [1.82, 2.24) is 0 Å². The highest BCUT2D eigenvalue weighted by Gasteiger charge is 2.05. The van der Waals surface area contributed by atoms with Crippen molar-refractivity contribution in [1.29, 1.82) is 0 Å². The third kappa shape index (κ3) is 2.39. The minimum absolute atomic E-state index is 0.234. The molecule has 0 aliphatic carbocycles. The van der Waals surface area contributed by atoms with E-state index in [1.54, 1.807) is 23.9 Å². The molecule has 3 N–H and O–H groups in total. The lowest BCUT2D eigenvalue weighted by molar-refractivity contribution is 0.0697. The van der Waals surface area contributed by atoms with Crippen LogP contribution < -0.4 is 5.73 Å². The smallest absolute Gasteiger partial charge is 0.335 e. The van der Waals surface area contributed by atoms with E-state index in [9.17, 15) is 4.79 Å². The third-order valence-corrected chi connectivity index (χ3v) is 2.53. The Morgan fingerprint density at radius 2 is 2.31 bits per heavy atom. The molecule has 1 aromatic carbocycles. The number of carboxylic acid groups (broad SMARTS) is 1. The lowest BCUT2D eigenvalue weighted by Gasteiger charge is -2.03. The van der Waals surface area contributed by atoms with Crippen molar-refractivity contribution in [2.24, 2.45) is 0 Å². The number of aromatic carboxylic acids is 1. The molecule has 0 fully saturated rings. The van der Waals surface area contributed by atoms with Gasteiger partial charge in [-0.1, -0.05) is 6.92 Å². The van der Waals surface area contributed by atoms with E-state index >= 15 is 0 Å². The Balaban J connectivity index is 2.98. The Morgan fingerprint density at radius 3 is 2.77 bits per heavy atom. The fraction of sp³-hybridized carbons (Fsp3) is 0.222. The average molecular weight is 197 g/mol. The van der Waals surface area contributed by atoms with Crippen LogP contribution in [0.3, 0.4) is 0 Å². The number of rotatable bonds is 3. The Morgan fingerprint density at radius 1 is 1.62 bits per heavy atom. The minimum Gasteiger partial charge on any atom is -0.478 e. The fourth-order valence-electron chi connectivity index (χ4n) is 0.968. The lowest BCUT2D eigenvalue weighted by atomic mass is 10.2. The largest absolute Gasteiger partial charge is 0.478 e. The maximum atomic E-state index is 10.6. The molecule has 0 heterocycles. The molecule has 0 saturated carbocycles. The number of nitrogen functional groups attached to an aromatic ring is 1. The summed E-state index contributed by atoms with van der Waals surface area (Å²) in [5, 5.41) is 8.67. The zero-order valence-corrected chi connectivity index (χ0v) is 8.10. The maximum Gasteiger partial charge on any atom is 0.335 e. The van der Waals surface area contributed by atoms with Gasteiger partial charge in [0.15, 0.2) is 0 Å². The van der Waals surface area contributed by atoms with Gasteiger partial charge in [-0.3, -0.25) is 0 Å². The van der Waals surface area contributed by atoms with Crippen LogP contribution in [-0.4, -0.2) is 16.8 Å². The van der Waals surface area contributed by atoms with Gasteiger partial charge in [0.25, 0.3) is 0 Å². The van der Waals surface area contributed by atoms with Gasteiger partial charge >= 0.3 is 5.97 Å². The Labute approximate surface area is 80.9 Å². The highest BCUT2D eigenvalue weighted by Crippen LogP contribution is 2.25. The molecule has 0 spiro atoms. The summed E-state index contributed by atoms with van der Waals surface area (Å²) in [4.78, 5) is 11.5. The molecule has 0 amide bonds. The fourth-order valence-corrected chi connectivity index (χ4v) is 1.67. The molecule has 70 valence electrons. The van der Waals surface area contributed by atoms with E-state index < -0.39 is 5.97 Å². The van der Waals surface area contributed by atoms with E-state index in [4.69, 9.17) is 10.8 Å². The van der Waals surface area contributed by atoms with Gasteiger partial charge < -0.3 is 10.8 Å². The average Bonchev–Trinajstić information content (AvgIpc) is 2.08. The zero-order chi connectivity index (χ0) is 9.84. The van der Waals surface area contributed by atoms with Crippen LogP contribution >= 0.6 is 11.8 Å². The van der Waals surface area contributed by atoms with Crippen LogP contribution in [-0.2, 0) is 0 Å². The highest BCUT2D eigenvalue weighted by atomic mass is 32.2. The van der Waals surface area contributed by atoms with Crippen molar-refractivity contribution in [2.45, 2.75) is 11.8 Å². The summed E-state index contributed by atoms with van der Waals surface area (Å²) in [7, 11) is 0. The third-order valence-electron chi connectivity index (χ3n) is 1.56. The second-order valence-electron chi connectivity index (χ2n) is 2.49. The first-order valence-electron chi connectivity index (χ1n) is 3.90. The molecule has 1 aromatic rings. The molecule has 13 heavy (non-hydrogen) atoms. The van der Waals surface area contributed by atoms with Crippen molar-refractivity contribution in [3.8, 4) is 0 Å². The van der Waals surface area contributed by atoms with Crippen LogP contribution in [0, 0.1) is 0 Å². The summed E-state index contributed by atoms with van der Waals surface area (Å²) < 4.78 is 0.